The van der Waals surface area contributed by atoms with Gasteiger partial charge in [-0.25, -0.2) is 4.39 Å². The second kappa shape index (κ2) is 6.34. The summed E-state index contributed by atoms with van der Waals surface area (Å²) in [5, 5.41) is 6.75. The molecule has 20 heavy (non-hydrogen) atoms. The van der Waals surface area contributed by atoms with E-state index < -0.39 is 5.82 Å². The summed E-state index contributed by atoms with van der Waals surface area (Å²) in [6.07, 6.45) is 6.03. The van der Waals surface area contributed by atoms with E-state index in [4.69, 9.17) is 11.6 Å². The lowest BCUT2D eigenvalue weighted by Crippen LogP contribution is -2.23. The van der Waals surface area contributed by atoms with Gasteiger partial charge in [0.15, 0.2) is 0 Å². The summed E-state index contributed by atoms with van der Waals surface area (Å²) >= 11 is 5.88. The lowest BCUT2D eigenvalue weighted by Gasteiger charge is -2.13. The number of rotatable bonds is 4. The fraction of sp³-hybridized carbons (Fsp3) is 0.143. The van der Waals surface area contributed by atoms with Gasteiger partial charge in [0.25, 0.3) is 0 Å². The average molecular weight is 294 g/mol. The zero-order valence-electron chi connectivity index (χ0n) is 10.8. The van der Waals surface area contributed by atoms with Crippen LogP contribution in [-0.4, -0.2) is 28.1 Å². The third-order valence-corrected chi connectivity index (χ3v) is 3.07. The molecule has 0 radical (unpaired) electrons. The number of nitrogens with zero attached hydrogens (tertiary/aromatic N) is 2. The Bertz CT molecular complexity index is 605. The van der Waals surface area contributed by atoms with Crippen molar-refractivity contribution in [1.82, 2.24) is 15.1 Å². The molecule has 1 aromatic carbocycles. The summed E-state index contributed by atoms with van der Waals surface area (Å²) < 4.78 is 13.5. The van der Waals surface area contributed by atoms with E-state index >= 15 is 0 Å². The van der Waals surface area contributed by atoms with Crippen molar-refractivity contribution in [3.05, 3.63) is 58.6 Å². The summed E-state index contributed by atoms with van der Waals surface area (Å²) in [5.74, 6) is -0.704. The van der Waals surface area contributed by atoms with Gasteiger partial charge >= 0.3 is 0 Å². The van der Waals surface area contributed by atoms with Gasteiger partial charge in [-0.15, -0.1) is 0 Å². The van der Waals surface area contributed by atoms with Gasteiger partial charge in [-0.2, -0.15) is 5.10 Å². The van der Waals surface area contributed by atoms with Crippen LogP contribution in [0.2, 0.25) is 5.02 Å². The van der Waals surface area contributed by atoms with E-state index in [-0.39, 0.29) is 16.5 Å². The van der Waals surface area contributed by atoms with Crippen molar-refractivity contribution in [2.75, 3.05) is 7.05 Å². The smallest absolute Gasteiger partial charge is 0.246 e. The van der Waals surface area contributed by atoms with Crippen molar-refractivity contribution in [3.8, 4) is 0 Å². The zero-order chi connectivity index (χ0) is 14.5. The summed E-state index contributed by atoms with van der Waals surface area (Å²) in [5.41, 5.74) is 1.09. The van der Waals surface area contributed by atoms with E-state index in [2.05, 4.69) is 10.2 Å². The van der Waals surface area contributed by atoms with Crippen LogP contribution in [0.4, 0.5) is 4.39 Å². The number of carbonyl (C=O) groups is 1. The monoisotopic (exact) mass is 293 g/mol. The van der Waals surface area contributed by atoms with Gasteiger partial charge in [0.2, 0.25) is 5.91 Å². The van der Waals surface area contributed by atoms with Gasteiger partial charge in [-0.05, 0) is 18.2 Å². The molecule has 4 nitrogen and oxygen atoms in total. The molecule has 1 heterocycles. The maximum Gasteiger partial charge on any atom is 0.246 e. The predicted octanol–water partition coefficient (Wildman–Crippen LogP) is 2.87. The number of hydrogen-bond donors (Lipinski definition) is 1. The fourth-order valence-electron chi connectivity index (χ4n) is 1.67. The van der Waals surface area contributed by atoms with Crippen LogP contribution in [0, 0.1) is 5.82 Å². The highest BCUT2D eigenvalue weighted by Gasteiger charge is 2.08. The third-order valence-electron chi connectivity index (χ3n) is 2.74. The summed E-state index contributed by atoms with van der Waals surface area (Å²) in [7, 11) is 1.66. The van der Waals surface area contributed by atoms with Crippen molar-refractivity contribution in [2.45, 2.75) is 6.54 Å². The number of aromatic amines is 1. The molecule has 1 aromatic heterocycles. The topological polar surface area (TPSA) is 49.0 Å². The van der Waals surface area contributed by atoms with Crippen LogP contribution >= 0.6 is 11.6 Å². The Kier molecular flexibility index (Phi) is 4.53. The molecule has 0 saturated heterocycles. The molecule has 0 aliphatic heterocycles. The van der Waals surface area contributed by atoms with Crippen LogP contribution < -0.4 is 0 Å². The number of halogens is 2. The molecule has 0 spiro atoms. The van der Waals surface area contributed by atoms with Gasteiger partial charge in [0.1, 0.15) is 5.82 Å². The molecule has 1 N–H and O–H groups in total. The van der Waals surface area contributed by atoms with E-state index in [0.29, 0.717) is 6.54 Å². The number of likely N-dealkylation sites (N-methyl/N-ethyl adjacent to an activating group) is 1. The second-order valence-electron chi connectivity index (χ2n) is 4.27. The highest BCUT2D eigenvalue weighted by atomic mass is 35.5. The van der Waals surface area contributed by atoms with Gasteiger partial charge in [-0.3, -0.25) is 9.89 Å². The molecule has 0 unspecified atom stereocenters. The Hall–Kier alpha value is -2.14. The molecule has 2 aromatic rings. The van der Waals surface area contributed by atoms with Crippen molar-refractivity contribution >= 4 is 23.6 Å². The number of carbonyl (C=O) groups excluding carboxylic acids is 1. The molecule has 0 bridgehead atoms. The van der Waals surface area contributed by atoms with E-state index in [1.165, 1.54) is 29.2 Å². The predicted molar refractivity (Wildman–Crippen MR) is 75.5 cm³/mol. The van der Waals surface area contributed by atoms with Crippen LogP contribution in [0.1, 0.15) is 11.1 Å². The zero-order valence-corrected chi connectivity index (χ0v) is 11.6. The molecule has 0 aliphatic carbocycles. The first-order chi connectivity index (χ1) is 9.58. The third kappa shape index (κ3) is 3.45. The van der Waals surface area contributed by atoms with E-state index in [0.717, 1.165) is 5.56 Å². The highest BCUT2D eigenvalue weighted by Crippen LogP contribution is 2.20. The molecule has 0 atom stereocenters. The van der Waals surface area contributed by atoms with Crippen LogP contribution in [0.15, 0.2) is 36.7 Å². The van der Waals surface area contributed by atoms with Gasteiger partial charge < -0.3 is 4.90 Å². The lowest BCUT2D eigenvalue weighted by molar-refractivity contribution is -0.125. The molecule has 1 amide bonds. The average Bonchev–Trinajstić information content (AvgIpc) is 2.90. The standard InChI is InChI=1S/C14H13ClFN3O/c1-19(9-10-7-17-18-8-10)14(20)6-5-11-12(15)3-2-4-13(11)16/h2-8H,9H2,1H3,(H,17,18). The van der Waals surface area contributed by atoms with E-state index in [9.17, 15) is 9.18 Å². The van der Waals surface area contributed by atoms with Crippen molar-refractivity contribution in [1.29, 1.82) is 0 Å². The normalized spacial score (nSPS) is 10.9. The summed E-state index contributed by atoms with van der Waals surface area (Å²) in [4.78, 5) is 13.4. The maximum absolute atomic E-state index is 13.5. The maximum atomic E-state index is 13.5. The van der Waals surface area contributed by atoms with Crippen molar-refractivity contribution in [3.63, 3.8) is 0 Å². The minimum absolute atomic E-state index is 0.208. The molecular weight excluding hydrogens is 281 g/mol. The minimum Gasteiger partial charge on any atom is -0.338 e. The van der Waals surface area contributed by atoms with E-state index in [1.54, 1.807) is 25.5 Å². The highest BCUT2D eigenvalue weighted by molar-refractivity contribution is 6.32. The first-order valence-corrected chi connectivity index (χ1v) is 6.30. The number of H-pyrrole nitrogens is 1. The number of hydrogen-bond acceptors (Lipinski definition) is 2. The Morgan fingerprint density at radius 3 is 3.00 bits per heavy atom. The van der Waals surface area contributed by atoms with Crippen LogP contribution in [0.3, 0.4) is 0 Å². The second-order valence-corrected chi connectivity index (χ2v) is 4.68. The Morgan fingerprint density at radius 1 is 1.55 bits per heavy atom. The number of aromatic nitrogens is 2. The number of benzene rings is 1. The Labute approximate surface area is 120 Å². The van der Waals surface area contributed by atoms with Gasteiger partial charge in [-0.1, -0.05) is 17.7 Å². The van der Waals surface area contributed by atoms with E-state index in [1.807, 2.05) is 0 Å². The molecular formula is C14H13ClFN3O. The fourth-order valence-corrected chi connectivity index (χ4v) is 1.89. The minimum atomic E-state index is -0.459. The largest absolute Gasteiger partial charge is 0.338 e. The number of nitrogens with one attached hydrogen (secondary N) is 1. The molecule has 0 aliphatic rings. The summed E-state index contributed by atoms with van der Waals surface area (Å²) in [6.45, 7) is 0.421. The molecule has 2 rings (SSSR count). The molecule has 6 heteroatoms. The van der Waals surface area contributed by atoms with Crippen LogP contribution in [0.5, 0.6) is 0 Å². The summed E-state index contributed by atoms with van der Waals surface area (Å²) in [6, 6.07) is 4.39. The first-order valence-electron chi connectivity index (χ1n) is 5.93. The van der Waals surface area contributed by atoms with Crippen LogP contribution in [0.25, 0.3) is 6.08 Å². The molecule has 0 fully saturated rings. The number of amides is 1. The van der Waals surface area contributed by atoms with Crippen LogP contribution in [-0.2, 0) is 11.3 Å². The SMILES string of the molecule is CN(Cc1cn[nH]c1)C(=O)C=Cc1c(F)cccc1Cl. The first kappa shape index (κ1) is 14.3. The Morgan fingerprint density at radius 2 is 2.35 bits per heavy atom. The molecule has 0 saturated carbocycles. The van der Waals surface area contributed by atoms with Gasteiger partial charge in [0.05, 0.1) is 11.2 Å². The lowest BCUT2D eigenvalue weighted by atomic mass is 10.2. The Balaban J connectivity index is 2.05. The quantitative estimate of drug-likeness (QED) is 0.881. The van der Waals surface area contributed by atoms with Gasteiger partial charge in [0, 0.05) is 37.0 Å². The van der Waals surface area contributed by atoms with Crippen molar-refractivity contribution < 1.29 is 9.18 Å². The van der Waals surface area contributed by atoms with Crippen molar-refractivity contribution in [2.24, 2.45) is 0 Å². The molecule has 104 valence electrons.